The molecule has 34 heavy (non-hydrogen) atoms. The molecule has 0 spiro atoms. The van der Waals surface area contributed by atoms with Crippen molar-refractivity contribution in [1.82, 2.24) is 5.43 Å². The zero-order valence-corrected chi connectivity index (χ0v) is 19.1. The molecule has 2 N–H and O–H groups in total. The Morgan fingerprint density at radius 2 is 1.88 bits per heavy atom. The Morgan fingerprint density at radius 3 is 2.74 bits per heavy atom. The number of nitrogens with one attached hydrogen (secondary N) is 2. The third-order valence-electron chi connectivity index (χ3n) is 4.98. The number of furan rings is 1. The van der Waals surface area contributed by atoms with Crippen LogP contribution in [0.5, 0.6) is 0 Å². The number of amides is 1. The predicted molar refractivity (Wildman–Crippen MR) is 133 cm³/mol. The normalized spacial score (nSPS) is 11.0. The Kier molecular flexibility index (Phi) is 7.25. The van der Waals surface area contributed by atoms with E-state index in [2.05, 4.69) is 15.8 Å². The van der Waals surface area contributed by atoms with E-state index in [4.69, 9.17) is 20.8 Å². The molecule has 1 aromatic heterocycles. The van der Waals surface area contributed by atoms with Crippen LogP contribution in [0.1, 0.15) is 23.0 Å². The maximum Gasteiger partial charge on any atom is 0.339 e. The van der Waals surface area contributed by atoms with Gasteiger partial charge in [-0.05, 0) is 48.7 Å². The van der Waals surface area contributed by atoms with Crippen molar-refractivity contribution in [1.29, 1.82) is 0 Å². The van der Waals surface area contributed by atoms with Gasteiger partial charge >= 0.3 is 5.97 Å². The summed E-state index contributed by atoms with van der Waals surface area (Å²) in [7, 11) is 0. The average Bonchev–Trinajstić information content (AvgIpc) is 3.32. The van der Waals surface area contributed by atoms with Crippen molar-refractivity contribution < 1.29 is 18.7 Å². The smallest absolute Gasteiger partial charge is 0.339 e. The number of hydrogen-bond acceptors (Lipinski definition) is 6. The number of fused-ring (bicyclic) bond motifs is 1. The summed E-state index contributed by atoms with van der Waals surface area (Å²) >= 11 is 6.11. The van der Waals surface area contributed by atoms with Crippen molar-refractivity contribution in [3.8, 4) is 11.3 Å². The van der Waals surface area contributed by atoms with E-state index in [0.717, 1.165) is 16.5 Å². The minimum Gasteiger partial charge on any atom is -0.462 e. The van der Waals surface area contributed by atoms with Gasteiger partial charge in [-0.3, -0.25) is 4.79 Å². The average molecular weight is 476 g/mol. The lowest BCUT2D eigenvalue weighted by molar-refractivity contribution is -0.119. The molecule has 1 amide bonds. The second-order valence-electron chi connectivity index (χ2n) is 7.29. The number of rotatable bonds is 8. The summed E-state index contributed by atoms with van der Waals surface area (Å²) < 4.78 is 10.8. The van der Waals surface area contributed by atoms with E-state index >= 15 is 0 Å². The lowest BCUT2D eigenvalue weighted by atomic mass is 10.1. The molecule has 0 aliphatic rings. The number of ether oxygens (including phenoxy) is 1. The van der Waals surface area contributed by atoms with E-state index in [9.17, 15) is 9.59 Å². The number of hydrogen-bond donors (Lipinski definition) is 2. The predicted octanol–water partition coefficient (Wildman–Crippen LogP) is 5.49. The van der Waals surface area contributed by atoms with Gasteiger partial charge in [0.15, 0.2) is 0 Å². The first-order valence-corrected chi connectivity index (χ1v) is 11.0. The highest BCUT2D eigenvalue weighted by Crippen LogP contribution is 2.27. The molecule has 0 aliphatic heterocycles. The van der Waals surface area contributed by atoms with Gasteiger partial charge in [0.05, 0.1) is 30.0 Å². The van der Waals surface area contributed by atoms with E-state index in [-0.39, 0.29) is 24.6 Å². The Hall–Kier alpha value is -4.10. The largest absolute Gasteiger partial charge is 0.462 e. The molecule has 172 valence electrons. The zero-order chi connectivity index (χ0) is 23.9. The van der Waals surface area contributed by atoms with E-state index in [0.29, 0.717) is 22.1 Å². The summed E-state index contributed by atoms with van der Waals surface area (Å²) in [6.07, 6.45) is 1.40. The summed E-state index contributed by atoms with van der Waals surface area (Å²) in [6, 6.07) is 22.2. The highest BCUT2D eigenvalue weighted by atomic mass is 35.5. The van der Waals surface area contributed by atoms with Crippen molar-refractivity contribution >= 4 is 46.2 Å². The highest BCUT2D eigenvalue weighted by Gasteiger charge is 2.14. The quantitative estimate of drug-likeness (QED) is 0.199. The summed E-state index contributed by atoms with van der Waals surface area (Å²) in [6.45, 7) is 2.05. The van der Waals surface area contributed by atoms with Crippen LogP contribution in [0.4, 0.5) is 5.69 Å². The number of esters is 1. The first-order chi connectivity index (χ1) is 16.5. The van der Waals surface area contributed by atoms with Crippen molar-refractivity contribution in [2.75, 3.05) is 18.5 Å². The van der Waals surface area contributed by atoms with Crippen molar-refractivity contribution in [3.63, 3.8) is 0 Å². The number of carbonyl (C=O) groups is 2. The van der Waals surface area contributed by atoms with Crippen LogP contribution in [-0.4, -0.2) is 31.2 Å². The standard InChI is InChI=1S/C26H22ClN3O4/c1-2-33-26(32)21-14-18(10-12-22(21)27)24-13-11-19(34-24)15-29-30-25(31)16-28-23-9-5-7-17-6-3-4-8-20(17)23/h3-15,28H,2,16H2,1H3,(H,30,31)/b29-15-. The van der Waals surface area contributed by atoms with Gasteiger partial charge in [0.2, 0.25) is 0 Å². The lowest BCUT2D eigenvalue weighted by Gasteiger charge is -2.08. The number of anilines is 1. The Morgan fingerprint density at radius 1 is 1.06 bits per heavy atom. The van der Waals surface area contributed by atoms with Crippen molar-refractivity contribution in [2.45, 2.75) is 6.92 Å². The molecular formula is C26H22ClN3O4. The van der Waals surface area contributed by atoms with Gasteiger partial charge in [-0.25, -0.2) is 10.2 Å². The van der Waals surface area contributed by atoms with Crippen LogP contribution in [0, 0.1) is 0 Å². The molecule has 4 rings (SSSR count). The van der Waals surface area contributed by atoms with Gasteiger partial charge in [-0.15, -0.1) is 0 Å². The maximum atomic E-state index is 12.2. The molecule has 3 aromatic carbocycles. The fraction of sp³-hybridized carbons (Fsp3) is 0.115. The minimum absolute atomic E-state index is 0.0656. The molecule has 0 aliphatic carbocycles. The van der Waals surface area contributed by atoms with Gasteiger partial charge in [-0.1, -0.05) is 48.0 Å². The molecule has 0 radical (unpaired) electrons. The van der Waals surface area contributed by atoms with Crippen molar-refractivity contribution in [2.24, 2.45) is 5.10 Å². The summed E-state index contributed by atoms with van der Waals surface area (Å²) in [5.41, 5.74) is 4.27. The van der Waals surface area contributed by atoms with E-state index in [1.165, 1.54) is 6.21 Å². The highest BCUT2D eigenvalue weighted by molar-refractivity contribution is 6.33. The molecular weight excluding hydrogens is 454 g/mol. The van der Waals surface area contributed by atoms with Gasteiger partial charge < -0.3 is 14.5 Å². The topological polar surface area (TPSA) is 92.9 Å². The fourth-order valence-electron chi connectivity index (χ4n) is 3.38. The van der Waals surface area contributed by atoms with Crippen LogP contribution in [0.2, 0.25) is 5.02 Å². The van der Waals surface area contributed by atoms with Crippen LogP contribution in [0.3, 0.4) is 0 Å². The number of hydrazone groups is 1. The number of halogens is 1. The number of nitrogens with zero attached hydrogens (tertiary/aromatic N) is 1. The molecule has 7 nitrogen and oxygen atoms in total. The molecule has 8 heteroatoms. The molecule has 0 atom stereocenters. The van der Waals surface area contributed by atoms with E-state index in [1.54, 1.807) is 37.3 Å². The second-order valence-corrected chi connectivity index (χ2v) is 7.70. The molecule has 0 unspecified atom stereocenters. The van der Waals surface area contributed by atoms with E-state index in [1.807, 2.05) is 42.5 Å². The Labute approximate surface area is 201 Å². The van der Waals surface area contributed by atoms with Crippen LogP contribution >= 0.6 is 11.6 Å². The summed E-state index contributed by atoms with van der Waals surface area (Å²) in [5.74, 6) is 0.160. The Balaban J connectivity index is 1.35. The van der Waals surface area contributed by atoms with Crippen LogP contribution in [0.25, 0.3) is 22.1 Å². The third kappa shape index (κ3) is 5.44. The SMILES string of the molecule is CCOC(=O)c1cc(-c2ccc(/C=N\NC(=O)CNc3cccc4ccccc34)o2)ccc1Cl. The van der Waals surface area contributed by atoms with Gasteiger partial charge in [0, 0.05) is 16.6 Å². The second kappa shape index (κ2) is 10.7. The molecule has 4 aromatic rings. The van der Waals surface area contributed by atoms with Crippen LogP contribution in [-0.2, 0) is 9.53 Å². The molecule has 0 bridgehead atoms. The molecule has 0 fully saturated rings. The molecule has 1 heterocycles. The van der Waals surface area contributed by atoms with Gasteiger partial charge in [0.1, 0.15) is 11.5 Å². The third-order valence-corrected chi connectivity index (χ3v) is 5.31. The van der Waals surface area contributed by atoms with Gasteiger partial charge in [-0.2, -0.15) is 5.10 Å². The maximum absolute atomic E-state index is 12.2. The first-order valence-electron chi connectivity index (χ1n) is 10.7. The number of benzene rings is 3. The zero-order valence-electron chi connectivity index (χ0n) is 18.4. The first kappa shape index (κ1) is 23.1. The van der Waals surface area contributed by atoms with Gasteiger partial charge in [0.25, 0.3) is 5.91 Å². The van der Waals surface area contributed by atoms with Crippen LogP contribution in [0.15, 0.2) is 82.3 Å². The fourth-order valence-corrected chi connectivity index (χ4v) is 3.58. The summed E-state index contributed by atoms with van der Waals surface area (Å²) in [4.78, 5) is 24.2. The lowest BCUT2D eigenvalue weighted by Crippen LogP contribution is -2.25. The summed E-state index contributed by atoms with van der Waals surface area (Å²) in [5, 5.41) is 9.52. The molecule has 0 saturated heterocycles. The molecule has 0 saturated carbocycles. The Bertz CT molecular complexity index is 1360. The monoisotopic (exact) mass is 475 g/mol. The minimum atomic E-state index is -0.498. The van der Waals surface area contributed by atoms with Crippen molar-refractivity contribution in [3.05, 3.63) is 89.1 Å². The number of carbonyl (C=O) groups excluding carboxylic acids is 2. The van der Waals surface area contributed by atoms with Crippen LogP contribution < -0.4 is 10.7 Å². The van der Waals surface area contributed by atoms with E-state index < -0.39 is 5.97 Å².